The SMILES string of the molecule is C[C@]12CC[C@H]3[C@@H](CC[C@@]4(C)[C@@H](Oc5ccccc5)[C@@H](O)CC[C@]34C)[C@@H]1CCCN2C(=O)[C@H]1CC[C@H](F)CO1. The number of hydrogen-bond acceptors (Lipinski definition) is 4. The van der Waals surface area contributed by atoms with Crippen molar-refractivity contribution in [3.63, 3.8) is 0 Å². The monoisotopic (exact) mass is 527 g/mol. The summed E-state index contributed by atoms with van der Waals surface area (Å²) in [5, 5.41) is 11.2. The number of fused-ring (bicyclic) bond motifs is 5. The molecule has 0 aromatic heterocycles. The zero-order chi connectivity index (χ0) is 26.7. The van der Waals surface area contributed by atoms with Crippen LogP contribution in [0.3, 0.4) is 0 Å². The molecule has 5 aliphatic rings. The number of hydrogen-bond donors (Lipinski definition) is 1. The number of alkyl halides is 1. The molecular formula is C32H46FNO4. The van der Waals surface area contributed by atoms with Crippen LogP contribution in [0.4, 0.5) is 4.39 Å². The maximum absolute atomic E-state index is 13.7. The molecular weight excluding hydrogens is 481 g/mol. The smallest absolute Gasteiger partial charge is 0.252 e. The lowest BCUT2D eigenvalue weighted by atomic mass is 9.40. The van der Waals surface area contributed by atoms with Crippen molar-refractivity contribution in [3.8, 4) is 5.75 Å². The first-order chi connectivity index (χ1) is 18.2. The van der Waals surface area contributed by atoms with Gasteiger partial charge in [-0.2, -0.15) is 0 Å². The van der Waals surface area contributed by atoms with E-state index in [9.17, 15) is 14.3 Å². The predicted octanol–water partition coefficient (Wildman–Crippen LogP) is 5.94. The van der Waals surface area contributed by atoms with Crippen LogP contribution >= 0.6 is 0 Å². The molecule has 1 aromatic rings. The molecule has 3 aliphatic carbocycles. The average molecular weight is 528 g/mol. The summed E-state index contributed by atoms with van der Waals surface area (Å²) in [7, 11) is 0. The second-order valence-corrected chi connectivity index (χ2v) is 13.7. The van der Waals surface area contributed by atoms with E-state index in [1.54, 1.807) is 0 Å². The number of para-hydroxylation sites is 1. The highest BCUT2D eigenvalue weighted by Gasteiger charge is 2.66. The molecule has 1 aromatic carbocycles. The molecule has 5 nitrogen and oxygen atoms in total. The molecule has 3 saturated carbocycles. The summed E-state index contributed by atoms with van der Waals surface area (Å²) in [5.41, 5.74) is -0.200. The fourth-order valence-electron chi connectivity index (χ4n) is 9.81. The largest absolute Gasteiger partial charge is 0.487 e. The molecule has 0 unspecified atom stereocenters. The number of aliphatic hydroxyl groups is 1. The van der Waals surface area contributed by atoms with Gasteiger partial charge in [0.15, 0.2) is 0 Å². The van der Waals surface area contributed by atoms with Crippen LogP contribution in [-0.4, -0.2) is 59.1 Å². The van der Waals surface area contributed by atoms with Crippen LogP contribution in [0.2, 0.25) is 0 Å². The Morgan fingerprint density at radius 1 is 0.974 bits per heavy atom. The molecule has 10 atom stereocenters. The Balaban J connectivity index is 1.25. The molecule has 1 N–H and O–H groups in total. The van der Waals surface area contributed by atoms with Crippen LogP contribution in [0.15, 0.2) is 30.3 Å². The summed E-state index contributed by atoms with van der Waals surface area (Å²) in [4.78, 5) is 15.9. The molecule has 6 heteroatoms. The fraction of sp³-hybridized carbons (Fsp3) is 0.781. The van der Waals surface area contributed by atoms with Gasteiger partial charge in [-0.25, -0.2) is 4.39 Å². The van der Waals surface area contributed by atoms with Crippen molar-refractivity contribution in [2.75, 3.05) is 13.2 Å². The zero-order valence-corrected chi connectivity index (χ0v) is 23.4. The third-order valence-corrected chi connectivity index (χ3v) is 12.1. The highest BCUT2D eigenvalue weighted by molar-refractivity contribution is 5.82. The number of halogens is 1. The van der Waals surface area contributed by atoms with E-state index in [-0.39, 0.29) is 35.0 Å². The van der Waals surface area contributed by atoms with Gasteiger partial charge in [0.1, 0.15) is 24.1 Å². The van der Waals surface area contributed by atoms with E-state index in [1.807, 2.05) is 30.3 Å². The first-order valence-electron chi connectivity index (χ1n) is 15.1. The summed E-state index contributed by atoms with van der Waals surface area (Å²) in [6.07, 6.45) is 7.04. The van der Waals surface area contributed by atoms with Gasteiger partial charge in [-0.1, -0.05) is 32.0 Å². The lowest BCUT2D eigenvalue weighted by Crippen LogP contribution is -2.69. The molecule has 6 rings (SSSR count). The molecule has 0 radical (unpaired) electrons. The zero-order valence-electron chi connectivity index (χ0n) is 23.4. The van der Waals surface area contributed by atoms with Crippen molar-refractivity contribution in [1.82, 2.24) is 4.90 Å². The van der Waals surface area contributed by atoms with Gasteiger partial charge in [-0.05, 0) is 106 Å². The third kappa shape index (κ3) is 4.03. The Morgan fingerprint density at radius 2 is 1.74 bits per heavy atom. The quantitative estimate of drug-likeness (QED) is 0.529. The van der Waals surface area contributed by atoms with Gasteiger partial charge in [0, 0.05) is 17.5 Å². The van der Waals surface area contributed by atoms with E-state index < -0.39 is 18.4 Å². The van der Waals surface area contributed by atoms with E-state index >= 15 is 0 Å². The summed E-state index contributed by atoms with van der Waals surface area (Å²) in [6, 6.07) is 9.98. The van der Waals surface area contributed by atoms with Crippen LogP contribution in [0.25, 0.3) is 0 Å². The number of rotatable bonds is 3. The summed E-state index contributed by atoms with van der Waals surface area (Å²) >= 11 is 0. The van der Waals surface area contributed by atoms with Crippen LogP contribution in [0, 0.1) is 28.6 Å². The number of carbonyl (C=O) groups is 1. The van der Waals surface area contributed by atoms with Crippen molar-refractivity contribution in [1.29, 1.82) is 0 Å². The minimum atomic E-state index is -0.944. The van der Waals surface area contributed by atoms with Crippen LogP contribution in [-0.2, 0) is 9.53 Å². The lowest BCUT2D eigenvalue weighted by Gasteiger charge is -2.68. The average Bonchev–Trinajstić information content (AvgIpc) is 2.92. The number of carbonyl (C=O) groups excluding carboxylic acids is 1. The van der Waals surface area contributed by atoms with Crippen molar-refractivity contribution >= 4 is 5.91 Å². The van der Waals surface area contributed by atoms with Crippen molar-refractivity contribution in [2.45, 2.75) is 115 Å². The van der Waals surface area contributed by atoms with E-state index in [4.69, 9.17) is 9.47 Å². The Labute approximate surface area is 227 Å². The predicted molar refractivity (Wildman–Crippen MR) is 144 cm³/mol. The van der Waals surface area contributed by atoms with Gasteiger partial charge >= 0.3 is 0 Å². The van der Waals surface area contributed by atoms with Crippen molar-refractivity contribution in [3.05, 3.63) is 30.3 Å². The van der Waals surface area contributed by atoms with Gasteiger partial charge in [-0.3, -0.25) is 4.79 Å². The lowest BCUT2D eigenvalue weighted by molar-refractivity contribution is -0.222. The summed E-state index contributed by atoms with van der Waals surface area (Å²) in [5.74, 6) is 2.52. The number of aliphatic hydroxyl groups excluding tert-OH is 1. The number of amides is 1. The van der Waals surface area contributed by atoms with E-state index in [0.717, 1.165) is 57.2 Å². The van der Waals surface area contributed by atoms with Crippen molar-refractivity contribution < 1.29 is 23.8 Å². The molecule has 5 fully saturated rings. The first kappa shape index (κ1) is 26.6. The topological polar surface area (TPSA) is 59.0 Å². The van der Waals surface area contributed by atoms with Gasteiger partial charge in [0.05, 0.1) is 12.7 Å². The molecule has 2 aliphatic heterocycles. The molecule has 38 heavy (non-hydrogen) atoms. The Morgan fingerprint density at radius 3 is 2.47 bits per heavy atom. The van der Waals surface area contributed by atoms with Gasteiger partial charge in [0.2, 0.25) is 0 Å². The second kappa shape index (κ2) is 9.76. The Kier molecular flexibility index (Phi) is 6.82. The van der Waals surface area contributed by atoms with E-state index in [2.05, 4.69) is 25.7 Å². The van der Waals surface area contributed by atoms with Crippen LogP contribution in [0.5, 0.6) is 5.75 Å². The van der Waals surface area contributed by atoms with Crippen LogP contribution in [0.1, 0.15) is 85.0 Å². The minimum Gasteiger partial charge on any atom is -0.487 e. The highest BCUT2D eigenvalue weighted by atomic mass is 19.1. The molecule has 0 bridgehead atoms. The highest BCUT2D eigenvalue weighted by Crippen LogP contribution is 2.68. The third-order valence-electron chi connectivity index (χ3n) is 12.1. The number of piperidine rings is 1. The van der Waals surface area contributed by atoms with Gasteiger partial charge in [0.25, 0.3) is 5.91 Å². The van der Waals surface area contributed by atoms with Gasteiger partial charge in [-0.15, -0.1) is 0 Å². The normalized spacial score (nSPS) is 46.9. The van der Waals surface area contributed by atoms with E-state index in [0.29, 0.717) is 30.6 Å². The maximum Gasteiger partial charge on any atom is 0.252 e. The van der Waals surface area contributed by atoms with Crippen molar-refractivity contribution in [2.24, 2.45) is 28.6 Å². The molecule has 1 amide bonds. The minimum absolute atomic E-state index is 0.0457. The Bertz CT molecular complexity index is 1010. The Hall–Kier alpha value is -1.66. The number of ether oxygens (including phenoxy) is 2. The van der Waals surface area contributed by atoms with E-state index in [1.165, 1.54) is 6.42 Å². The maximum atomic E-state index is 13.7. The summed E-state index contributed by atoms with van der Waals surface area (Å²) < 4.78 is 26.0. The molecule has 2 heterocycles. The second-order valence-electron chi connectivity index (χ2n) is 13.7. The number of likely N-dealkylation sites (tertiary alicyclic amines) is 1. The fourth-order valence-corrected chi connectivity index (χ4v) is 9.81. The number of nitrogens with zero attached hydrogens (tertiary/aromatic N) is 1. The number of benzene rings is 1. The summed E-state index contributed by atoms with van der Waals surface area (Å²) in [6.45, 7) is 8.02. The first-order valence-corrected chi connectivity index (χ1v) is 15.1. The van der Waals surface area contributed by atoms with Gasteiger partial charge < -0.3 is 19.5 Å². The molecule has 0 spiro atoms. The molecule has 2 saturated heterocycles. The van der Waals surface area contributed by atoms with Crippen LogP contribution < -0.4 is 4.74 Å². The molecule has 210 valence electrons. The standard InChI is InChI=1S/C32H46FNO4/c1-30-17-15-26(35)28(38-22-8-5-4-6-9-22)31(30,2)16-13-23-24(30)14-18-32(3)25(23)10-7-19-34(32)29(36)27-12-11-21(33)20-37-27/h4-6,8-9,21,23-28,35H,7,10-20H2,1-3H3/t21-,23+,24-,25-,26-,27+,28-,30+,31-,32-/m0/s1.